The molecule has 0 fully saturated rings. The Morgan fingerprint density at radius 2 is 1.43 bits per heavy atom. The maximum Gasteiger partial charge on any atom is 0.342 e. The lowest BCUT2D eigenvalue weighted by Crippen LogP contribution is -2.29. The van der Waals surface area contributed by atoms with E-state index in [9.17, 15) is 14.7 Å². The predicted octanol–water partition coefficient (Wildman–Crippen LogP) is 6.41. The molecule has 6 rings (SSSR count). The highest BCUT2D eigenvalue weighted by atomic mass is 32.1. The molecule has 12 heteroatoms. The molecule has 1 aliphatic heterocycles. The molecule has 49 heavy (non-hydrogen) atoms. The summed E-state index contributed by atoms with van der Waals surface area (Å²) in [5, 5.41) is 11.9. The largest absolute Gasteiger partial charge is 0.493 e. The van der Waals surface area contributed by atoms with Crippen molar-refractivity contribution >= 4 is 40.6 Å². The normalized spacial score (nSPS) is 15.4. The van der Waals surface area contributed by atoms with E-state index in [1.165, 1.54) is 7.11 Å². The number of benzene rings is 4. The number of hydrogen-bond donors (Lipinski definition) is 1. The van der Waals surface area contributed by atoms with E-state index in [-0.39, 0.29) is 18.1 Å². The minimum Gasteiger partial charge on any atom is -0.493 e. The molecule has 1 aliphatic rings. The fourth-order valence-electron chi connectivity index (χ4n) is 5.36. The van der Waals surface area contributed by atoms with Crippen LogP contribution in [0.4, 0.5) is 0 Å². The van der Waals surface area contributed by atoms with Crippen LogP contribution in [0.3, 0.4) is 0 Å². The Kier molecular flexibility index (Phi) is 10.8. The van der Waals surface area contributed by atoms with Crippen LogP contribution in [0.1, 0.15) is 40.9 Å². The molecule has 0 radical (unpaired) electrons. The highest BCUT2D eigenvalue weighted by Crippen LogP contribution is 2.45. The number of ether oxygens (including phenoxy) is 6. The molecule has 0 saturated carbocycles. The topological polar surface area (TPSA) is 136 Å². The van der Waals surface area contributed by atoms with Gasteiger partial charge < -0.3 is 33.5 Å². The third-order valence-electron chi connectivity index (χ3n) is 7.69. The summed E-state index contributed by atoms with van der Waals surface area (Å²) in [6, 6.07) is 22.8. The first kappa shape index (κ1) is 34.9. The molecule has 254 valence electrons. The van der Waals surface area contributed by atoms with E-state index in [0.717, 1.165) is 29.1 Å². The SMILES string of the molecule is COc1ccc(C=O)cc1OC.COc1ccc(CC2=C(c3ccc4nsnc4c3)C(=O)OC2(O)c2ccc(OC(C)C)cc2)cc1OC. The number of carbonyl (C=O) groups excluding carboxylic acids is 2. The van der Waals surface area contributed by atoms with Crippen LogP contribution in [-0.4, -0.2) is 60.7 Å². The number of aldehydes is 1. The van der Waals surface area contributed by atoms with Gasteiger partial charge in [0.05, 0.1) is 51.8 Å². The van der Waals surface area contributed by atoms with Crippen molar-refractivity contribution in [1.82, 2.24) is 8.75 Å². The molecule has 0 spiro atoms. The molecule has 0 amide bonds. The molecule has 1 unspecified atom stereocenters. The number of methoxy groups -OCH3 is 4. The Morgan fingerprint density at radius 1 is 0.796 bits per heavy atom. The van der Waals surface area contributed by atoms with E-state index in [1.54, 1.807) is 88.1 Å². The van der Waals surface area contributed by atoms with Crippen molar-refractivity contribution in [3.63, 3.8) is 0 Å². The second-order valence-electron chi connectivity index (χ2n) is 11.1. The van der Waals surface area contributed by atoms with Crippen molar-refractivity contribution in [2.75, 3.05) is 28.4 Å². The zero-order valence-corrected chi connectivity index (χ0v) is 28.7. The van der Waals surface area contributed by atoms with Gasteiger partial charge in [-0.2, -0.15) is 8.75 Å². The third kappa shape index (κ3) is 7.50. The maximum atomic E-state index is 13.3. The number of nitrogens with zero attached hydrogens (tertiary/aromatic N) is 2. The third-order valence-corrected chi connectivity index (χ3v) is 8.24. The van der Waals surface area contributed by atoms with Crippen molar-refractivity contribution in [3.05, 3.63) is 107 Å². The molecule has 11 nitrogen and oxygen atoms in total. The van der Waals surface area contributed by atoms with Gasteiger partial charge in [-0.05, 0) is 91.7 Å². The van der Waals surface area contributed by atoms with E-state index in [4.69, 9.17) is 28.4 Å². The van der Waals surface area contributed by atoms with Gasteiger partial charge in [0.1, 0.15) is 23.1 Å². The Labute approximate surface area is 287 Å². The molecule has 0 bridgehead atoms. The van der Waals surface area contributed by atoms with Gasteiger partial charge >= 0.3 is 5.97 Å². The molecule has 1 atom stereocenters. The first-order valence-corrected chi connectivity index (χ1v) is 15.9. The number of cyclic esters (lactones) is 1. The van der Waals surface area contributed by atoms with Crippen molar-refractivity contribution in [2.24, 2.45) is 0 Å². The summed E-state index contributed by atoms with van der Waals surface area (Å²) < 4.78 is 40.8. The Bertz CT molecular complexity index is 1990. The molecule has 4 aromatic carbocycles. The first-order chi connectivity index (χ1) is 23.6. The van der Waals surface area contributed by atoms with Crippen molar-refractivity contribution in [1.29, 1.82) is 0 Å². The summed E-state index contributed by atoms with van der Waals surface area (Å²) >= 11 is 1.10. The van der Waals surface area contributed by atoms with E-state index >= 15 is 0 Å². The van der Waals surface area contributed by atoms with E-state index in [1.807, 2.05) is 26.0 Å². The predicted molar refractivity (Wildman–Crippen MR) is 185 cm³/mol. The highest BCUT2D eigenvalue weighted by Gasteiger charge is 2.48. The van der Waals surface area contributed by atoms with Gasteiger partial charge in [-0.3, -0.25) is 4.79 Å². The van der Waals surface area contributed by atoms with Gasteiger partial charge in [-0.25, -0.2) is 4.79 Å². The van der Waals surface area contributed by atoms with Crippen molar-refractivity contribution in [2.45, 2.75) is 32.2 Å². The van der Waals surface area contributed by atoms with Gasteiger partial charge in [0, 0.05) is 23.1 Å². The van der Waals surface area contributed by atoms with Crippen LogP contribution < -0.4 is 23.7 Å². The fraction of sp³-hybridized carbons (Fsp3) is 0.243. The summed E-state index contributed by atoms with van der Waals surface area (Å²) in [7, 11) is 6.21. The number of aromatic nitrogens is 2. The van der Waals surface area contributed by atoms with Crippen molar-refractivity contribution in [3.8, 4) is 28.7 Å². The maximum absolute atomic E-state index is 13.3. The van der Waals surface area contributed by atoms with Gasteiger partial charge in [0.25, 0.3) is 5.79 Å². The number of rotatable bonds is 11. The Balaban J connectivity index is 0.000000330. The van der Waals surface area contributed by atoms with Crippen LogP contribution in [0.2, 0.25) is 0 Å². The molecular weight excluding hydrogens is 648 g/mol. The lowest BCUT2D eigenvalue weighted by molar-refractivity contribution is -0.185. The van der Waals surface area contributed by atoms with Crippen LogP contribution >= 0.6 is 11.7 Å². The summed E-state index contributed by atoms with van der Waals surface area (Å²) in [6.45, 7) is 3.87. The van der Waals surface area contributed by atoms with Crippen LogP contribution in [0.25, 0.3) is 16.6 Å². The molecule has 0 aliphatic carbocycles. The molecule has 2 heterocycles. The standard InChI is InChI=1S/C28H26N2O6S.C9H10O3/c1-16(2)35-20-9-7-19(8-10-20)28(32)21(13-17-5-12-24(33-3)25(14-17)34-4)26(27(31)36-28)18-6-11-22-23(15-18)30-37-29-22;1-11-8-4-3-7(6-10)5-9(8)12-2/h5-12,14-16,32H,13H2,1-4H3;3-6H,1-2H3. The lowest BCUT2D eigenvalue weighted by atomic mass is 9.88. The smallest absolute Gasteiger partial charge is 0.342 e. The Hall–Kier alpha value is -5.46. The highest BCUT2D eigenvalue weighted by molar-refractivity contribution is 7.00. The molecule has 1 aromatic heterocycles. The summed E-state index contributed by atoms with van der Waals surface area (Å²) in [4.78, 5) is 23.7. The molecule has 1 N–H and O–H groups in total. The number of aliphatic hydroxyl groups is 1. The molecule has 0 saturated heterocycles. The molecular formula is C37H36N2O9S. The first-order valence-electron chi connectivity index (χ1n) is 15.2. The average molecular weight is 685 g/mol. The molecule has 5 aromatic rings. The van der Waals surface area contributed by atoms with Gasteiger partial charge in [0.2, 0.25) is 0 Å². The van der Waals surface area contributed by atoms with Crippen LogP contribution in [0.5, 0.6) is 28.7 Å². The number of esters is 1. The quantitative estimate of drug-likeness (QED) is 0.122. The number of fused-ring (bicyclic) bond motifs is 1. The van der Waals surface area contributed by atoms with Crippen LogP contribution in [-0.2, 0) is 21.7 Å². The van der Waals surface area contributed by atoms with E-state index in [0.29, 0.717) is 56.5 Å². The van der Waals surface area contributed by atoms with Gasteiger partial charge in [-0.15, -0.1) is 0 Å². The fourth-order valence-corrected chi connectivity index (χ4v) is 5.88. The minimum absolute atomic E-state index is 0.000443. The lowest BCUT2D eigenvalue weighted by Gasteiger charge is -2.26. The van der Waals surface area contributed by atoms with E-state index in [2.05, 4.69) is 8.75 Å². The van der Waals surface area contributed by atoms with Crippen LogP contribution in [0.15, 0.2) is 84.4 Å². The monoisotopic (exact) mass is 684 g/mol. The second kappa shape index (κ2) is 15.2. The average Bonchev–Trinajstić information content (AvgIpc) is 3.69. The summed E-state index contributed by atoms with van der Waals surface area (Å²) in [5.74, 6) is 0.371. The summed E-state index contributed by atoms with van der Waals surface area (Å²) in [6.07, 6.45) is 0.984. The minimum atomic E-state index is -1.98. The van der Waals surface area contributed by atoms with Gasteiger partial charge in [0.15, 0.2) is 23.0 Å². The zero-order valence-electron chi connectivity index (χ0n) is 27.9. The number of hydrogen-bond acceptors (Lipinski definition) is 12. The van der Waals surface area contributed by atoms with Crippen molar-refractivity contribution < 1.29 is 43.1 Å². The zero-order chi connectivity index (χ0) is 35.1. The summed E-state index contributed by atoms with van der Waals surface area (Å²) in [5.41, 5.74) is 4.48. The van der Waals surface area contributed by atoms with Gasteiger partial charge in [-0.1, -0.05) is 12.1 Å². The van der Waals surface area contributed by atoms with E-state index < -0.39 is 11.8 Å². The second-order valence-corrected chi connectivity index (χ2v) is 11.7. The number of carbonyl (C=O) groups is 2. The Morgan fingerprint density at radius 3 is 2.06 bits per heavy atom. The van der Waals surface area contributed by atoms with Crippen LogP contribution in [0, 0.1) is 0 Å².